The first kappa shape index (κ1) is 41.3. The summed E-state index contributed by atoms with van der Waals surface area (Å²) in [5, 5.41) is 21.1. The van der Waals surface area contributed by atoms with Crippen molar-refractivity contribution in [3.8, 4) is 0 Å². The standard InChI is InChI=1S/C37H74N2O5/c1-4-6-8-10-12-14-15-16-17-18-19-20-22-24-26-28-30-39(31-32-35(41)36(42)34(38)37(43-3)44-32)33(40)29-27-25-23-21-13-11-9-7-5-2/h32,34-37,41-42H,4-31,38H2,1-3H3/t32-,34+,35-,36-,37+/m1/s1. The van der Waals surface area contributed by atoms with Gasteiger partial charge in [-0.15, -0.1) is 0 Å². The van der Waals surface area contributed by atoms with Crippen LogP contribution in [0.5, 0.6) is 0 Å². The van der Waals surface area contributed by atoms with Crippen molar-refractivity contribution in [3.05, 3.63) is 0 Å². The van der Waals surface area contributed by atoms with Gasteiger partial charge in [-0.2, -0.15) is 0 Å². The summed E-state index contributed by atoms with van der Waals surface area (Å²) >= 11 is 0. The van der Waals surface area contributed by atoms with Crippen LogP contribution in [-0.4, -0.2) is 71.9 Å². The molecule has 0 radical (unpaired) electrons. The van der Waals surface area contributed by atoms with Crippen molar-refractivity contribution < 1.29 is 24.5 Å². The number of methoxy groups -OCH3 is 1. The summed E-state index contributed by atoms with van der Waals surface area (Å²) in [4.78, 5) is 15.1. The van der Waals surface area contributed by atoms with E-state index in [4.69, 9.17) is 15.2 Å². The van der Waals surface area contributed by atoms with Crippen molar-refractivity contribution in [1.82, 2.24) is 4.90 Å². The van der Waals surface area contributed by atoms with Crippen molar-refractivity contribution in [1.29, 1.82) is 0 Å². The molecule has 1 aliphatic heterocycles. The maximum Gasteiger partial charge on any atom is 0.222 e. The molecule has 0 bridgehead atoms. The maximum absolute atomic E-state index is 13.3. The van der Waals surface area contributed by atoms with Gasteiger partial charge in [0.15, 0.2) is 6.29 Å². The van der Waals surface area contributed by atoms with Crippen LogP contribution < -0.4 is 5.73 Å². The summed E-state index contributed by atoms with van der Waals surface area (Å²) in [7, 11) is 1.48. The molecule has 1 heterocycles. The van der Waals surface area contributed by atoms with Crippen molar-refractivity contribution in [2.45, 2.75) is 211 Å². The molecule has 4 N–H and O–H groups in total. The molecule has 0 aromatic heterocycles. The van der Waals surface area contributed by atoms with E-state index in [1.54, 1.807) is 0 Å². The van der Waals surface area contributed by atoms with Gasteiger partial charge in [0, 0.05) is 26.6 Å². The number of ether oxygens (including phenoxy) is 2. The Labute approximate surface area is 272 Å². The van der Waals surface area contributed by atoms with Gasteiger partial charge in [-0.1, -0.05) is 162 Å². The SMILES string of the molecule is CCCCCCCCCCCCCCCCCCN(C[C@H]1O[C@H](OC)[C@@H](N)[C@@H](O)[C@@H]1O)C(=O)CCCCCCCCCCC. The normalized spacial score (nSPS) is 22.0. The van der Waals surface area contributed by atoms with Crippen LogP contribution in [0.15, 0.2) is 0 Å². The molecule has 0 aliphatic carbocycles. The fourth-order valence-corrected chi connectivity index (χ4v) is 6.45. The number of hydrogen-bond donors (Lipinski definition) is 3. The van der Waals surface area contributed by atoms with Crippen LogP contribution in [0.25, 0.3) is 0 Å². The minimum atomic E-state index is -1.15. The second-order valence-electron chi connectivity index (χ2n) is 13.6. The number of hydrogen-bond acceptors (Lipinski definition) is 6. The summed E-state index contributed by atoms with van der Waals surface area (Å²) in [6.07, 6.45) is 28.7. The van der Waals surface area contributed by atoms with Gasteiger partial charge in [0.1, 0.15) is 18.3 Å². The summed E-state index contributed by atoms with van der Waals surface area (Å²) in [6, 6.07) is -0.822. The molecule has 44 heavy (non-hydrogen) atoms. The third-order valence-electron chi connectivity index (χ3n) is 9.51. The summed E-state index contributed by atoms with van der Waals surface area (Å²) < 4.78 is 11.2. The fraction of sp³-hybridized carbons (Fsp3) is 0.973. The van der Waals surface area contributed by atoms with E-state index in [0.29, 0.717) is 13.0 Å². The zero-order chi connectivity index (χ0) is 32.3. The number of aliphatic hydroxyl groups is 2. The molecule has 7 nitrogen and oxygen atoms in total. The zero-order valence-corrected chi connectivity index (χ0v) is 29.3. The lowest BCUT2D eigenvalue weighted by Crippen LogP contribution is -2.63. The predicted octanol–water partition coefficient (Wildman–Crippen LogP) is 8.42. The second-order valence-corrected chi connectivity index (χ2v) is 13.6. The van der Waals surface area contributed by atoms with Crippen LogP contribution in [-0.2, 0) is 14.3 Å². The van der Waals surface area contributed by atoms with Gasteiger partial charge in [-0.05, 0) is 12.8 Å². The highest BCUT2D eigenvalue weighted by molar-refractivity contribution is 5.76. The van der Waals surface area contributed by atoms with Gasteiger partial charge in [0.2, 0.25) is 5.91 Å². The number of carbonyl (C=O) groups excluding carboxylic acids is 1. The van der Waals surface area contributed by atoms with E-state index in [-0.39, 0.29) is 12.5 Å². The van der Waals surface area contributed by atoms with E-state index >= 15 is 0 Å². The number of amides is 1. The minimum absolute atomic E-state index is 0.114. The zero-order valence-electron chi connectivity index (χ0n) is 29.3. The van der Waals surface area contributed by atoms with E-state index in [2.05, 4.69) is 13.8 Å². The maximum atomic E-state index is 13.3. The van der Waals surface area contributed by atoms with Gasteiger partial charge in [0.05, 0.1) is 6.04 Å². The third kappa shape index (κ3) is 19.7. The van der Waals surface area contributed by atoms with E-state index in [1.165, 1.54) is 142 Å². The van der Waals surface area contributed by atoms with Crippen molar-refractivity contribution >= 4 is 5.91 Å². The molecule has 0 aromatic rings. The van der Waals surface area contributed by atoms with Crippen LogP contribution in [0.2, 0.25) is 0 Å². The van der Waals surface area contributed by atoms with Crippen LogP contribution in [0, 0.1) is 0 Å². The lowest BCUT2D eigenvalue weighted by atomic mass is 9.96. The molecule has 0 aromatic carbocycles. The first-order chi connectivity index (χ1) is 21.5. The van der Waals surface area contributed by atoms with E-state index in [1.807, 2.05) is 4.90 Å². The van der Waals surface area contributed by atoms with E-state index in [0.717, 1.165) is 25.7 Å². The van der Waals surface area contributed by atoms with Crippen LogP contribution in [0.3, 0.4) is 0 Å². The van der Waals surface area contributed by atoms with Crippen LogP contribution >= 0.6 is 0 Å². The highest BCUT2D eigenvalue weighted by Crippen LogP contribution is 2.22. The highest BCUT2D eigenvalue weighted by Gasteiger charge is 2.43. The highest BCUT2D eigenvalue weighted by atomic mass is 16.7. The van der Waals surface area contributed by atoms with Gasteiger partial charge in [-0.25, -0.2) is 0 Å². The largest absolute Gasteiger partial charge is 0.388 e. The first-order valence-electron chi connectivity index (χ1n) is 19.0. The van der Waals surface area contributed by atoms with Crippen LogP contribution in [0.4, 0.5) is 0 Å². The van der Waals surface area contributed by atoms with Gasteiger partial charge < -0.3 is 30.3 Å². The molecular formula is C37H74N2O5. The molecule has 7 heteroatoms. The Hall–Kier alpha value is -0.730. The predicted molar refractivity (Wildman–Crippen MR) is 184 cm³/mol. The minimum Gasteiger partial charge on any atom is -0.388 e. The van der Waals surface area contributed by atoms with E-state index in [9.17, 15) is 15.0 Å². The van der Waals surface area contributed by atoms with Gasteiger partial charge >= 0.3 is 0 Å². The monoisotopic (exact) mass is 627 g/mol. The molecule has 1 rings (SSSR count). The van der Waals surface area contributed by atoms with Gasteiger partial charge in [-0.3, -0.25) is 4.79 Å². The molecule has 0 spiro atoms. The number of nitrogens with zero attached hydrogens (tertiary/aromatic N) is 1. The average molecular weight is 627 g/mol. The summed E-state index contributed by atoms with van der Waals surface area (Å²) in [6.45, 7) is 5.43. The number of aliphatic hydroxyl groups excluding tert-OH is 2. The molecule has 1 amide bonds. The molecular weight excluding hydrogens is 552 g/mol. The first-order valence-corrected chi connectivity index (χ1v) is 19.0. The Morgan fingerprint density at radius 2 is 1.02 bits per heavy atom. The molecule has 0 unspecified atom stereocenters. The number of unbranched alkanes of at least 4 members (excludes halogenated alkanes) is 23. The lowest BCUT2D eigenvalue weighted by Gasteiger charge is -2.42. The molecule has 1 saturated heterocycles. The Balaban J connectivity index is 2.32. The Morgan fingerprint density at radius 1 is 0.636 bits per heavy atom. The number of nitrogens with two attached hydrogens (primary N) is 1. The average Bonchev–Trinajstić information content (AvgIpc) is 3.03. The van der Waals surface area contributed by atoms with Crippen molar-refractivity contribution in [2.24, 2.45) is 5.73 Å². The lowest BCUT2D eigenvalue weighted by molar-refractivity contribution is -0.254. The topological polar surface area (TPSA) is 105 Å². The van der Waals surface area contributed by atoms with E-state index < -0.39 is 30.6 Å². The van der Waals surface area contributed by atoms with Gasteiger partial charge in [0.25, 0.3) is 0 Å². The Morgan fingerprint density at radius 3 is 1.43 bits per heavy atom. The van der Waals surface area contributed by atoms with Crippen LogP contribution in [0.1, 0.15) is 181 Å². The number of carbonyl (C=O) groups is 1. The second kappa shape index (κ2) is 28.5. The molecule has 1 fully saturated rings. The quantitative estimate of drug-likeness (QED) is 0.0692. The van der Waals surface area contributed by atoms with Crippen molar-refractivity contribution in [3.63, 3.8) is 0 Å². The Bertz CT molecular complexity index is 649. The summed E-state index contributed by atoms with van der Waals surface area (Å²) in [5.41, 5.74) is 5.98. The fourth-order valence-electron chi connectivity index (χ4n) is 6.45. The molecule has 0 saturated carbocycles. The Kier molecular flexibility index (Phi) is 26.7. The molecule has 262 valence electrons. The summed E-state index contributed by atoms with van der Waals surface area (Å²) in [5.74, 6) is 0.114. The third-order valence-corrected chi connectivity index (χ3v) is 9.51. The number of rotatable bonds is 30. The molecule has 1 aliphatic rings. The molecule has 5 atom stereocenters. The van der Waals surface area contributed by atoms with Crippen molar-refractivity contribution in [2.75, 3.05) is 20.2 Å². The smallest absolute Gasteiger partial charge is 0.222 e.